The zero-order valence-corrected chi connectivity index (χ0v) is 10.8. The van der Waals surface area contributed by atoms with E-state index < -0.39 is 0 Å². The second kappa shape index (κ2) is 5.53. The monoisotopic (exact) mass is 227 g/mol. The van der Waals surface area contributed by atoms with Gasteiger partial charge in [-0.05, 0) is 25.7 Å². The van der Waals surface area contributed by atoms with Gasteiger partial charge in [-0.25, -0.2) is 4.79 Å². The molecule has 1 saturated carbocycles. The Morgan fingerprint density at radius 3 is 2.81 bits per heavy atom. The van der Waals surface area contributed by atoms with Gasteiger partial charge >= 0.3 is 6.03 Å². The summed E-state index contributed by atoms with van der Waals surface area (Å²) in [6.45, 7) is 5.47. The smallest absolute Gasteiger partial charge is 0.317 e. The predicted octanol–water partition coefficient (Wildman–Crippen LogP) is 1.56. The number of carbonyl (C=O) groups is 1. The average molecular weight is 227 g/mol. The number of hydrogen-bond donors (Lipinski definition) is 2. The third-order valence-electron chi connectivity index (χ3n) is 3.68. The molecular formula is C12H25N3O. The lowest BCUT2D eigenvalue weighted by molar-refractivity contribution is 0.165. The van der Waals surface area contributed by atoms with Crippen LogP contribution in [0.2, 0.25) is 0 Å². The maximum absolute atomic E-state index is 11.9. The fourth-order valence-corrected chi connectivity index (χ4v) is 2.48. The van der Waals surface area contributed by atoms with E-state index in [-0.39, 0.29) is 11.6 Å². The topological polar surface area (TPSA) is 58.4 Å². The van der Waals surface area contributed by atoms with Crippen LogP contribution in [-0.4, -0.2) is 36.6 Å². The molecule has 2 unspecified atom stereocenters. The fourth-order valence-electron chi connectivity index (χ4n) is 2.48. The minimum Gasteiger partial charge on any atom is -0.331 e. The van der Waals surface area contributed by atoms with Crippen molar-refractivity contribution in [1.29, 1.82) is 0 Å². The van der Waals surface area contributed by atoms with Crippen molar-refractivity contribution in [2.45, 2.75) is 45.1 Å². The lowest BCUT2D eigenvalue weighted by atomic mass is 9.76. The molecule has 4 heteroatoms. The van der Waals surface area contributed by atoms with E-state index in [9.17, 15) is 4.79 Å². The van der Waals surface area contributed by atoms with Crippen LogP contribution in [0.15, 0.2) is 0 Å². The Bertz CT molecular complexity index is 244. The number of carbonyl (C=O) groups excluding carboxylic acids is 1. The molecule has 0 aromatic carbocycles. The highest BCUT2D eigenvalue weighted by atomic mass is 16.2. The quantitative estimate of drug-likeness (QED) is 0.768. The molecule has 0 spiro atoms. The summed E-state index contributed by atoms with van der Waals surface area (Å²) >= 11 is 0. The summed E-state index contributed by atoms with van der Waals surface area (Å²) in [5.74, 6) is 0.657. The van der Waals surface area contributed by atoms with E-state index in [1.807, 2.05) is 14.0 Å². The minimum atomic E-state index is -0.168. The van der Waals surface area contributed by atoms with Crippen molar-refractivity contribution < 1.29 is 4.79 Å². The number of hydrogen-bond acceptors (Lipinski definition) is 2. The Morgan fingerprint density at radius 2 is 2.31 bits per heavy atom. The van der Waals surface area contributed by atoms with Gasteiger partial charge in [-0.3, -0.25) is 0 Å². The first-order valence-corrected chi connectivity index (χ1v) is 6.26. The van der Waals surface area contributed by atoms with E-state index in [4.69, 9.17) is 5.73 Å². The first kappa shape index (κ1) is 13.3. The molecule has 1 aliphatic carbocycles. The second-order valence-electron chi connectivity index (χ2n) is 5.13. The highest BCUT2D eigenvalue weighted by Crippen LogP contribution is 2.31. The van der Waals surface area contributed by atoms with Crippen LogP contribution in [0.1, 0.15) is 39.5 Å². The van der Waals surface area contributed by atoms with Crippen molar-refractivity contribution in [3.63, 3.8) is 0 Å². The molecule has 0 radical (unpaired) electrons. The van der Waals surface area contributed by atoms with Gasteiger partial charge < -0.3 is 16.0 Å². The number of nitrogens with one attached hydrogen (secondary N) is 1. The van der Waals surface area contributed by atoms with Crippen molar-refractivity contribution in [3.05, 3.63) is 0 Å². The van der Waals surface area contributed by atoms with Crippen molar-refractivity contribution in [1.82, 2.24) is 10.2 Å². The number of amides is 2. The standard InChI is InChI=1S/C12H25N3O/c1-4-15(3)11(16)14-12(9-13)7-5-6-10(2)8-12/h10H,4-9,13H2,1-3H3,(H,14,16). The SMILES string of the molecule is CCN(C)C(=O)NC1(CN)CCCC(C)C1. The Balaban J connectivity index is 2.62. The molecule has 4 nitrogen and oxygen atoms in total. The van der Waals surface area contributed by atoms with Crippen LogP contribution >= 0.6 is 0 Å². The molecule has 2 amide bonds. The van der Waals surface area contributed by atoms with E-state index in [0.29, 0.717) is 12.5 Å². The molecule has 1 fully saturated rings. The molecule has 0 aromatic rings. The largest absolute Gasteiger partial charge is 0.331 e. The Labute approximate surface area is 98.6 Å². The van der Waals surface area contributed by atoms with Crippen molar-refractivity contribution in [2.75, 3.05) is 20.1 Å². The van der Waals surface area contributed by atoms with Crippen LogP contribution in [0.5, 0.6) is 0 Å². The number of nitrogens with zero attached hydrogens (tertiary/aromatic N) is 1. The van der Waals surface area contributed by atoms with Crippen LogP contribution in [0.4, 0.5) is 4.79 Å². The van der Waals surface area contributed by atoms with Gasteiger partial charge in [-0.15, -0.1) is 0 Å². The minimum absolute atomic E-state index is 0.00190. The van der Waals surface area contributed by atoms with Crippen LogP contribution in [-0.2, 0) is 0 Å². The molecular weight excluding hydrogens is 202 g/mol. The summed E-state index contributed by atoms with van der Waals surface area (Å²) < 4.78 is 0. The van der Waals surface area contributed by atoms with E-state index in [0.717, 1.165) is 25.8 Å². The number of rotatable bonds is 3. The summed E-state index contributed by atoms with van der Waals surface area (Å²) in [5, 5.41) is 3.13. The molecule has 94 valence electrons. The van der Waals surface area contributed by atoms with E-state index in [1.54, 1.807) is 4.90 Å². The van der Waals surface area contributed by atoms with E-state index in [2.05, 4.69) is 12.2 Å². The van der Waals surface area contributed by atoms with Crippen LogP contribution in [0.25, 0.3) is 0 Å². The molecule has 0 aliphatic heterocycles. The van der Waals surface area contributed by atoms with Crippen molar-refractivity contribution in [2.24, 2.45) is 11.7 Å². The molecule has 1 aliphatic rings. The van der Waals surface area contributed by atoms with Gasteiger partial charge in [0.05, 0.1) is 5.54 Å². The fraction of sp³-hybridized carbons (Fsp3) is 0.917. The van der Waals surface area contributed by atoms with Gasteiger partial charge in [-0.1, -0.05) is 19.8 Å². The van der Waals surface area contributed by atoms with E-state index in [1.165, 1.54) is 6.42 Å². The van der Waals surface area contributed by atoms with Crippen molar-refractivity contribution >= 4 is 6.03 Å². The molecule has 0 aromatic heterocycles. The molecule has 16 heavy (non-hydrogen) atoms. The van der Waals surface area contributed by atoms with Gasteiger partial charge in [0.1, 0.15) is 0 Å². The lowest BCUT2D eigenvalue weighted by Gasteiger charge is -2.40. The first-order chi connectivity index (χ1) is 7.53. The Morgan fingerprint density at radius 1 is 1.62 bits per heavy atom. The highest BCUT2D eigenvalue weighted by molar-refractivity contribution is 5.74. The molecule has 0 bridgehead atoms. The first-order valence-electron chi connectivity index (χ1n) is 6.26. The lowest BCUT2D eigenvalue weighted by Crippen LogP contribution is -2.58. The summed E-state index contributed by atoms with van der Waals surface area (Å²) in [7, 11) is 1.81. The normalized spacial score (nSPS) is 29.9. The highest BCUT2D eigenvalue weighted by Gasteiger charge is 2.35. The van der Waals surface area contributed by atoms with E-state index >= 15 is 0 Å². The molecule has 0 saturated heterocycles. The Hall–Kier alpha value is -0.770. The van der Waals surface area contributed by atoms with Gasteiger partial charge in [0.15, 0.2) is 0 Å². The van der Waals surface area contributed by atoms with Crippen LogP contribution in [0, 0.1) is 5.92 Å². The zero-order valence-electron chi connectivity index (χ0n) is 10.8. The molecule has 3 N–H and O–H groups in total. The van der Waals surface area contributed by atoms with Gasteiger partial charge in [0.2, 0.25) is 0 Å². The van der Waals surface area contributed by atoms with Gasteiger partial charge in [-0.2, -0.15) is 0 Å². The van der Waals surface area contributed by atoms with Crippen LogP contribution < -0.4 is 11.1 Å². The summed E-state index contributed by atoms with van der Waals surface area (Å²) in [6.07, 6.45) is 4.43. The summed E-state index contributed by atoms with van der Waals surface area (Å²) in [6, 6.07) is 0.00190. The van der Waals surface area contributed by atoms with Crippen molar-refractivity contribution in [3.8, 4) is 0 Å². The maximum atomic E-state index is 11.9. The number of urea groups is 1. The second-order valence-corrected chi connectivity index (χ2v) is 5.13. The molecule has 0 heterocycles. The molecule has 2 atom stereocenters. The summed E-state index contributed by atoms with van der Waals surface area (Å²) in [4.78, 5) is 13.6. The predicted molar refractivity (Wildman–Crippen MR) is 66.3 cm³/mol. The average Bonchev–Trinajstić information content (AvgIpc) is 2.27. The number of nitrogens with two attached hydrogens (primary N) is 1. The van der Waals surface area contributed by atoms with Crippen LogP contribution in [0.3, 0.4) is 0 Å². The third kappa shape index (κ3) is 3.11. The maximum Gasteiger partial charge on any atom is 0.317 e. The van der Waals surface area contributed by atoms with Gasteiger partial charge in [0.25, 0.3) is 0 Å². The summed E-state index contributed by atoms with van der Waals surface area (Å²) in [5.41, 5.74) is 5.69. The molecule has 1 rings (SSSR count). The zero-order chi connectivity index (χ0) is 12.2. The third-order valence-corrected chi connectivity index (χ3v) is 3.68. The van der Waals surface area contributed by atoms with Gasteiger partial charge in [0, 0.05) is 20.1 Å². The Kier molecular flexibility index (Phi) is 4.59.